The summed E-state index contributed by atoms with van der Waals surface area (Å²) >= 11 is -2.53. The van der Waals surface area contributed by atoms with E-state index in [0.717, 1.165) is 0 Å². The van der Waals surface area contributed by atoms with Crippen LogP contribution in [0.3, 0.4) is 0 Å². The largest absolute Gasteiger partial charge is 0.748 e. The lowest BCUT2D eigenvalue weighted by atomic mass is 10.3. The van der Waals surface area contributed by atoms with Crippen molar-refractivity contribution in [3.63, 3.8) is 0 Å². The minimum absolute atomic E-state index is 0.594. The Morgan fingerprint density at radius 3 is 2.55 bits per heavy atom. The Morgan fingerprint density at radius 2 is 2.00 bits per heavy atom. The summed E-state index contributed by atoms with van der Waals surface area (Å²) in [5.41, 5.74) is 2.83. The molecule has 0 saturated carbocycles. The van der Waals surface area contributed by atoms with Gasteiger partial charge < -0.3 is 4.55 Å². The second-order valence-electron chi connectivity index (χ2n) is 1.76. The van der Waals surface area contributed by atoms with Crippen LogP contribution >= 0.6 is 0 Å². The summed E-state index contributed by atoms with van der Waals surface area (Å²) in [6, 6.07) is 8.72. The van der Waals surface area contributed by atoms with Gasteiger partial charge in [0.05, 0.1) is 5.69 Å². The molecule has 1 rings (SSSR count). The van der Waals surface area contributed by atoms with Crippen molar-refractivity contribution in [3.8, 4) is 0 Å². The lowest BCUT2D eigenvalue weighted by molar-refractivity contribution is 0.363. The van der Waals surface area contributed by atoms with E-state index in [-0.39, 0.29) is 0 Å². The highest BCUT2D eigenvalue weighted by Gasteiger charge is 1.86. The van der Waals surface area contributed by atoms with Crippen LogP contribution in [-0.4, -0.2) is 8.76 Å². The molecule has 0 aliphatic heterocycles. The van der Waals surface area contributed by atoms with E-state index in [9.17, 15) is 8.76 Å². The Morgan fingerprint density at radius 1 is 1.36 bits per heavy atom. The molecule has 0 amide bonds. The first-order valence-corrected chi connectivity index (χ1v) is 3.86. The quantitative estimate of drug-likeness (QED) is 0.541. The van der Waals surface area contributed by atoms with E-state index in [0.29, 0.717) is 5.69 Å². The van der Waals surface area contributed by atoms with Crippen LogP contribution in [0.2, 0.25) is 0 Å². The van der Waals surface area contributed by atoms with Crippen molar-refractivity contribution in [1.82, 2.24) is 0 Å². The summed E-state index contributed by atoms with van der Waals surface area (Å²) in [5.74, 6) is 0. The summed E-state index contributed by atoms with van der Waals surface area (Å²) in [5, 5.41) is 0. The normalized spacial score (nSPS) is 12.5. The molecule has 4 nitrogen and oxygen atoms in total. The summed E-state index contributed by atoms with van der Waals surface area (Å²) in [6.07, 6.45) is 0. The first kappa shape index (κ1) is 8.19. The van der Waals surface area contributed by atoms with Crippen LogP contribution in [0.5, 0.6) is 0 Å². The SMILES string of the molecule is O=S([O-])ONc1ccccc1. The van der Waals surface area contributed by atoms with Gasteiger partial charge in [0.15, 0.2) is 0 Å². The van der Waals surface area contributed by atoms with Crippen molar-refractivity contribution in [2.45, 2.75) is 0 Å². The average Bonchev–Trinajstić information content (AvgIpc) is 2.03. The fourth-order valence-electron chi connectivity index (χ4n) is 0.588. The van der Waals surface area contributed by atoms with Crippen molar-refractivity contribution in [3.05, 3.63) is 30.3 Å². The lowest BCUT2D eigenvalue weighted by Crippen LogP contribution is -2.02. The molecule has 0 bridgehead atoms. The Bertz CT molecular complexity index is 239. The van der Waals surface area contributed by atoms with Gasteiger partial charge in [-0.05, 0) is 12.1 Å². The number of benzene rings is 1. The zero-order chi connectivity index (χ0) is 8.10. The minimum Gasteiger partial charge on any atom is -0.748 e. The molecule has 0 fully saturated rings. The van der Waals surface area contributed by atoms with Crippen LogP contribution in [0.4, 0.5) is 5.69 Å². The van der Waals surface area contributed by atoms with Crippen molar-refractivity contribution in [2.75, 3.05) is 5.48 Å². The second kappa shape index (κ2) is 4.07. The predicted molar refractivity (Wildman–Crippen MR) is 40.1 cm³/mol. The van der Waals surface area contributed by atoms with Gasteiger partial charge in [0.1, 0.15) is 11.4 Å². The number of hydrogen-bond acceptors (Lipinski definition) is 4. The highest BCUT2D eigenvalue weighted by atomic mass is 32.2. The van der Waals surface area contributed by atoms with Crippen LogP contribution in [0.1, 0.15) is 0 Å². The summed E-state index contributed by atoms with van der Waals surface area (Å²) in [4.78, 5) is 0. The van der Waals surface area contributed by atoms with Gasteiger partial charge in [-0.25, -0.2) is 4.21 Å². The molecule has 0 aliphatic rings. The summed E-state index contributed by atoms with van der Waals surface area (Å²) < 4.78 is 23.9. The standard InChI is InChI=1S/C6H7NO3S/c8-11(9)10-7-6-4-2-1-3-5-6/h1-5,7H,(H,8,9)/p-1. The molecule has 60 valence electrons. The van der Waals surface area contributed by atoms with Crippen LogP contribution in [0.15, 0.2) is 30.3 Å². The molecule has 1 aromatic carbocycles. The second-order valence-corrected chi connectivity index (χ2v) is 2.33. The van der Waals surface area contributed by atoms with Gasteiger partial charge in [0.25, 0.3) is 0 Å². The fraction of sp³-hybridized carbons (Fsp3) is 0. The van der Waals surface area contributed by atoms with E-state index in [1.54, 1.807) is 24.3 Å². The first-order valence-electron chi connectivity index (χ1n) is 2.86. The number of anilines is 1. The molecule has 0 saturated heterocycles. The van der Waals surface area contributed by atoms with Gasteiger partial charge in [0, 0.05) is 0 Å². The zero-order valence-electron chi connectivity index (χ0n) is 5.52. The first-order chi connectivity index (χ1) is 5.29. The van der Waals surface area contributed by atoms with Crippen LogP contribution in [0.25, 0.3) is 0 Å². The van der Waals surface area contributed by atoms with Crippen molar-refractivity contribution >= 4 is 17.0 Å². The molecule has 1 N–H and O–H groups in total. The number of nitrogens with one attached hydrogen (secondary N) is 1. The maximum absolute atomic E-state index is 9.89. The molecule has 0 spiro atoms. The zero-order valence-corrected chi connectivity index (χ0v) is 6.34. The molecule has 1 aromatic rings. The highest BCUT2D eigenvalue weighted by molar-refractivity contribution is 7.74. The minimum atomic E-state index is -2.53. The van der Waals surface area contributed by atoms with Gasteiger partial charge in [0.2, 0.25) is 0 Å². The molecule has 0 heterocycles. The van der Waals surface area contributed by atoms with E-state index in [1.807, 2.05) is 6.07 Å². The van der Waals surface area contributed by atoms with Gasteiger partial charge >= 0.3 is 0 Å². The summed E-state index contributed by atoms with van der Waals surface area (Å²) in [7, 11) is 0. The third-order valence-electron chi connectivity index (χ3n) is 1.00. The van der Waals surface area contributed by atoms with Gasteiger partial charge in [-0.15, -0.1) is 0 Å². The smallest absolute Gasteiger partial charge is 0.112 e. The average molecular weight is 172 g/mol. The molecule has 5 heteroatoms. The van der Waals surface area contributed by atoms with Gasteiger partial charge in [-0.1, -0.05) is 18.2 Å². The monoisotopic (exact) mass is 172 g/mol. The maximum atomic E-state index is 9.89. The van der Waals surface area contributed by atoms with E-state index < -0.39 is 11.4 Å². The Labute approximate surface area is 66.6 Å². The molecule has 0 aliphatic carbocycles. The topological polar surface area (TPSA) is 61.4 Å². The van der Waals surface area contributed by atoms with E-state index in [4.69, 9.17) is 0 Å². The fourth-order valence-corrected chi connectivity index (χ4v) is 0.753. The third kappa shape index (κ3) is 3.13. The van der Waals surface area contributed by atoms with E-state index >= 15 is 0 Å². The highest BCUT2D eigenvalue weighted by Crippen LogP contribution is 2.04. The van der Waals surface area contributed by atoms with Gasteiger partial charge in [-0.2, -0.15) is 4.28 Å². The molecule has 1 atom stereocenters. The van der Waals surface area contributed by atoms with Crippen LogP contribution in [-0.2, 0) is 15.6 Å². The van der Waals surface area contributed by atoms with Crippen LogP contribution in [0, 0.1) is 0 Å². The lowest BCUT2D eigenvalue weighted by Gasteiger charge is -2.06. The maximum Gasteiger partial charge on any atom is 0.112 e. The van der Waals surface area contributed by atoms with Crippen molar-refractivity contribution in [1.29, 1.82) is 0 Å². The van der Waals surface area contributed by atoms with Crippen molar-refractivity contribution < 1.29 is 13.0 Å². The molecule has 0 aromatic heterocycles. The number of rotatable bonds is 3. The molecular weight excluding hydrogens is 166 g/mol. The van der Waals surface area contributed by atoms with E-state index in [1.165, 1.54) is 0 Å². The number of hydrogen-bond donors (Lipinski definition) is 1. The van der Waals surface area contributed by atoms with Crippen molar-refractivity contribution in [2.24, 2.45) is 0 Å². The molecular formula is C6H6NO3S-. The Hall–Kier alpha value is -0.910. The summed E-state index contributed by atoms with van der Waals surface area (Å²) in [6.45, 7) is 0. The predicted octanol–water partition coefficient (Wildman–Crippen LogP) is 0.824. The Balaban J connectivity index is 2.45. The van der Waals surface area contributed by atoms with Gasteiger partial charge in [-0.3, -0.25) is 5.48 Å². The third-order valence-corrected chi connectivity index (χ3v) is 1.22. The molecule has 11 heavy (non-hydrogen) atoms. The molecule has 1 unspecified atom stereocenters. The van der Waals surface area contributed by atoms with Crippen LogP contribution < -0.4 is 5.48 Å². The molecule has 0 radical (unpaired) electrons. The van der Waals surface area contributed by atoms with E-state index in [2.05, 4.69) is 9.76 Å². The number of para-hydroxylation sites is 1. The Kier molecular flexibility index (Phi) is 3.03.